The van der Waals surface area contributed by atoms with Gasteiger partial charge >= 0.3 is 0 Å². The van der Waals surface area contributed by atoms with E-state index in [-0.39, 0.29) is 0 Å². The predicted octanol–water partition coefficient (Wildman–Crippen LogP) is 4.39. The fourth-order valence-electron chi connectivity index (χ4n) is 1.97. The molecule has 2 aromatic carbocycles. The van der Waals surface area contributed by atoms with Crippen LogP contribution < -0.4 is 9.47 Å². The summed E-state index contributed by atoms with van der Waals surface area (Å²) in [6.45, 7) is 4.99. The summed E-state index contributed by atoms with van der Waals surface area (Å²) >= 11 is 2.19. The average molecular weight is 411 g/mol. The lowest BCUT2D eigenvalue weighted by molar-refractivity contribution is 0.267. The number of hydrogen-bond donors (Lipinski definition) is 1. The highest BCUT2D eigenvalue weighted by Gasteiger charge is 2.12. The van der Waals surface area contributed by atoms with Crippen LogP contribution in [0, 0.1) is 10.5 Å². The first-order valence-corrected chi connectivity index (χ1v) is 8.04. The molecule has 0 saturated carbocycles. The molecule has 0 aliphatic heterocycles. The molecule has 2 aromatic rings. The van der Waals surface area contributed by atoms with Crippen molar-refractivity contribution in [2.45, 2.75) is 20.5 Å². The Labute approximate surface area is 143 Å². The van der Waals surface area contributed by atoms with E-state index in [0.717, 1.165) is 14.7 Å². The lowest BCUT2D eigenvalue weighted by atomic mass is 10.2. The zero-order valence-electron chi connectivity index (χ0n) is 12.5. The van der Waals surface area contributed by atoms with E-state index in [2.05, 4.69) is 58.9 Å². The van der Waals surface area contributed by atoms with E-state index in [1.54, 1.807) is 6.07 Å². The van der Waals surface area contributed by atoms with E-state index >= 15 is 0 Å². The summed E-state index contributed by atoms with van der Waals surface area (Å²) in [6, 6.07) is 11.9. The molecule has 0 heterocycles. The van der Waals surface area contributed by atoms with Gasteiger partial charge in [0.05, 0.1) is 16.4 Å². The molecule has 0 saturated heterocycles. The molecule has 0 spiro atoms. The lowest BCUT2D eigenvalue weighted by Crippen LogP contribution is -2.02. The van der Waals surface area contributed by atoms with E-state index in [1.165, 1.54) is 11.8 Å². The third-order valence-corrected chi connectivity index (χ3v) is 3.84. The number of rotatable bonds is 6. The van der Waals surface area contributed by atoms with Crippen LogP contribution in [0.15, 0.2) is 41.6 Å². The molecule has 0 aliphatic rings. The van der Waals surface area contributed by atoms with Crippen molar-refractivity contribution in [3.8, 4) is 11.5 Å². The van der Waals surface area contributed by atoms with Crippen molar-refractivity contribution in [1.29, 1.82) is 0 Å². The van der Waals surface area contributed by atoms with Gasteiger partial charge in [-0.3, -0.25) is 0 Å². The van der Waals surface area contributed by atoms with Crippen LogP contribution in [0.25, 0.3) is 0 Å². The van der Waals surface area contributed by atoms with Crippen molar-refractivity contribution in [2.75, 3.05) is 6.61 Å². The van der Waals surface area contributed by atoms with Crippen molar-refractivity contribution >= 4 is 28.8 Å². The van der Waals surface area contributed by atoms with Crippen molar-refractivity contribution < 1.29 is 14.7 Å². The zero-order chi connectivity index (χ0) is 15.9. The average Bonchev–Trinajstić information content (AvgIpc) is 2.49. The number of hydrogen-bond acceptors (Lipinski definition) is 4. The minimum Gasteiger partial charge on any atom is -0.490 e. The van der Waals surface area contributed by atoms with Gasteiger partial charge in [0.25, 0.3) is 0 Å². The SMILES string of the molecule is CCOc1cc(/C=N\O)cc(I)c1OCc1ccc(C)cc1. The second-order valence-electron chi connectivity index (χ2n) is 4.78. The number of aryl methyl sites for hydroxylation is 1. The van der Waals surface area contributed by atoms with Crippen LogP contribution in [-0.4, -0.2) is 18.0 Å². The first-order chi connectivity index (χ1) is 10.6. The van der Waals surface area contributed by atoms with Gasteiger partial charge < -0.3 is 14.7 Å². The maximum Gasteiger partial charge on any atom is 0.175 e. The standard InChI is InChI=1S/C17H18INO3/c1-3-21-16-9-14(10-19-20)8-15(18)17(16)22-11-13-6-4-12(2)5-7-13/h4-10,20H,3,11H2,1-2H3/b19-10-. The van der Waals surface area contributed by atoms with Crippen molar-refractivity contribution in [2.24, 2.45) is 5.16 Å². The third kappa shape index (κ3) is 4.37. The van der Waals surface area contributed by atoms with E-state index in [9.17, 15) is 0 Å². The molecule has 0 aromatic heterocycles. The van der Waals surface area contributed by atoms with Gasteiger partial charge in [0, 0.05) is 5.56 Å². The highest BCUT2D eigenvalue weighted by Crippen LogP contribution is 2.34. The molecule has 4 nitrogen and oxygen atoms in total. The number of oxime groups is 1. The summed E-state index contributed by atoms with van der Waals surface area (Å²) in [5, 5.41) is 11.7. The van der Waals surface area contributed by atoms with Crippen LogP contribution in [0.2, 0.25) is 0 Å². The third-order valence-electron chi connectivity index (χ3n) is 3.04. The molecular formula is C17H18INO3. The van der Waals surface area contributed by atoms with Crippen molar-refractivity contribution in [3.05, 3.63) is 56.7 Å². The van der Waals surface area contributed by atoms with Crippen molar-refractivity contribution in [3.63, 3.8) is 0 Å². The lowest BCUT2D eigenvalue weighted by Gasteiger charge is -2.14. The van der Waals surface area contributed by atoms with Gasteiger partial charge in [0.1, 0.15) is 6.61 Å². The predicted molar refractivity (Wildman–Crippen MR) is 95.2 cm³/mol. The molecule has 0 bridgehead atoms. The Morgan fingerprint density at radius 2 is 1.91 bits per heavy atom. The molecule has 2 rings (SSSR count). The molecule has 0 aliphatic carbocycles. The number of halogens is 1. The van der Waals surface area contributed by atoms with Crippen molar-refractivity contribution in [1.82, 2.24) is 0 Å². The Bertz CT molecular complexity index is 654. The molecule has 5 heteroatoms. The second kappa shape index (κ2) is 8.03. The summed E-state index contributed by atoms with van der Waals surface area (Å²) in [6.07, 6.45) is 1.37. The minimum absolute atomic E-state index is 0.476. The van der Waals surface area contributed by atoms with Gasteiger partial charge in [-0.05, 0) is 54.1 Å². The molecule has 0 unspecified atom stereocenters. The zero-order valence-corrected chi connectivity index (χ0v) is 14.7. The molecule has 0 radical (unpaired) electrons. The highest BCUT2D eigenvalue weighted by atomic mass is 127. The molecule has 0 amide bonds. The van der Waals surface area contributed by atoms with Crippen LogP contribution in [0.3, 0.4) is 0 Å². The summed E-state index contributed by atoms with van der Waals surface area (Å²) in [5.41, 5.74) is 3.09. The van der Waals surface area contributed by atoms with Gasteiger partial charge in [0.2, 0.25) is 0 Å². The van der Waals surface area contributed by atoms with E-state index in [1.807, 2.05) is 13.0 Å². The number of nitrogens with zero attached hydrogens (tertiary/aromatic N) is 1. The first kappa shape index (κ1) is 16.6. The van der Waals surface area contributed by atoms with E-state index in [0.29, 0.717) is 24.7 Å². The Kier molecular flexibility index (Phi) is 6.06. The molecule has 0 atom stereocenters. The molecule has 22 heavy (non-hydrogen) atoms. The molecule has 1 N–H and O–H groups in total. The van der Waals surface area contributed by atoms with Crippen LogP contribution >= 0.6 is 22.6 Å². The summed E-state index contributed by atoms with van der Waals surface area (Å²) in [7, 11) is 0. The maximum absolute atomic E-state index is 8.67. The number of ether oxygens (including phenoxy) is 2. The van der Waals surface area contributed by atoms with Crippen LogP contribution in [0.4, 0.5) is 0 Å². The maximum atomic E-state index is 8.67. The van der Waals surface area contributed by atoms with Gasteiger partial charge in [0.15, 0.2) is 11.5 Å². The van der Waals surface area contributed by atoms with E-state index < -0.39 is 0 Å². The summed E-state index contributed by atoms with van der Waals surface area (Å²) < 4.78 is 12.5. The van der Waals surface area contributed by atoms with Crippen LogP contribution in [0.5, 0.6) is 11.5 Å². The van der Waals surface area contributed by atoms with Gasteiger partial charge in [-0.25, -0.2) is 0 Å². The Morgan fingerprint density at radius 3 is 2.55 bits per heavy atom. The quantitative estimate of drug-likeness (QED) is 0.332. The Balaban J connectivity index is 2.22. The summed E-state index contributed by atoms with van der Waals surface area (Å²) in [4.78, 5) is 0. The second-order valence-corrected chi connectivity index (χ2v) is 5.94. The fraction of sp³-hybridized carbons (Fsp3) is 0.235. The van der Waals surface area contributed by atoms with Gasteiger partial charge in [-0.2, -0.15) is 0 Å². The molecular weight excluding hydrogens is 393 g/mol. The van der Waals surface area contributed by atoms with Crippen LogP contribution in [0.1, 0.15) is 23.6 Å². The van der Waals surface area contributed by atoms with E-state index in [4.69, 9.17) is 14.7 Å². The summed E-state index contributed by atoms with van der Waals surface area (Å²) in [5.74, 6) is 1.36. The van der Waals surface area contributed by atoms with Gasteiger partial charge in [-0.1, -0.05) is 35.0 Å². The largest absolute Gasteiger partial charge is 0.490 e. The Hall–Kier alpha value is -1.76. The topological polar surface area (TPSA) is 51.0 Å². The Morgan fingerprint density at radius 1 is 1.18 bits per heavy atom. The normalized spacial score (nSPS) is 10.9. The first-order valence-electron chi connectivity index (χ1n) is 6.96. The molecule has 116 valence electrons. The molecule has 0 fully saturated rings. The fourth-order valence-corrected chi connectivity index (χ4v) is 2.75. The smallest absolute Gasteiger partial charge is 0.175 e. The highest BCUT2D eigenvalue weighted by molar-refractivity contribution is 14.1. The monoisotopic (exact) mass is 411 g/mol. The number of benzene rings is 2. The van der Waals surface area contributed by atoms with Gasteiger partial charge in [-0.15, -0.1) is 0 Å². The minimum atomic E-state index is 0.476. The van der Waals surface area contributed by atoms with Crippen LogP contribution in [-0.2, 0) is 6.61 Å².